The first-order valence-electron chi connectivity index (χ1n) is 8.34. The molecule has 3 aromatic rings. The van der Waals surface area contributed by atoms with E-state index in [1.807, 2.05) is 24.3 Å². The van der Waals surface area contributed by atoms with Crippen molar-refractivity contribution < 1.29 is 19.1 Å². The van der Waals surface area contributed by atoms with Crippen molar-refractivity contribution in [1.29, 1.82) is 0 Å². The number of esters is 1. The Hall–Kier alpha value is -2.90. The van der Waals surface area contributed by atoms with E-state index >= 15 is 0 Å². The number of nitrogens with zero attached hydrogens (tertiary/aromatic N) is 1. The van der Waals surface area contributed by atoms with Gasteiger partial charge in [-0.2, -0.15) is 0 Å². The quantitative estimate of drug-likeness (QED) is 0.584. The number of methoxy groups -OCH3 is 1. The van der Waals surface area contributed by atoms with Crippen molar-refractivity contribution in [3.8, 4) is 16.3 Å². The molecule has 0 unspecified atom stereocenters. The number of aromatic nitrogens is 1. The minimum atomic E-state index is -0.527. The maximum Gasteiger partial charge on any atom is 0.312 e. The highest BCUT2D eigenvalue weighted by Gasteiger charge is 2.13. The molecule has 0 bridgehead atoms. The van der Waals surface area contributed by atoms with E-state index in [1.165, 1.54) is 11.3 Å². The number of ether oxygens (including phenoxy) is 2. The van der Waals surface area contributed by atoms with Gasteiger partial charge in [-0.15, -0.1) is 11.3 Å². The second-order valence-electron chi connectivity index (χ2n) is 5.74. The van der Waals surface area contributed by atoms with E-state index in [0.717, 1.165) is 16.3 Å². The van der Waals surface area contributed by atoms with E-state index in [-0.39, 0.29) is 13.0 Å². The van der Waals surface area contributed by atoms with Crippen LogP contribution in [0.25, 0.3) is 10.6 Å². The molecule has 1 N–H and O–H groups in total. The summed E-state index contributed by atoms with van der Waals surface area (Å²) in [5.74, 6) is -0.223. The zero-order valence-electron chi connectivity index (χ0n) is 15.0. The average Bonchev–Trinajstić information content (AvgIpc) is 3.16. The summed E-state index contributed by atoms with van der Waals surface area (Å²) < 4.78 is 10.2. The standard InChI is InChI=1S/C20H17ClN2O4S/c1-26-15-8-6-13(7-9-15)20-22-14(12-28-20)10-19(25)27-11-18(24)23-17-5-3-2-4-16(17)21/h2-9,12H,10-11H2,1H3,(H,23,24). The predicted molar refractivity (Wildman–Crippen MR) is 109 cm³/mol. The second kappa shape index (κ2) is 9.34. The maximum absolute atomic E-state index is 12.0. The Kier molecular flexibility index (Phi) is 6.62. The Bertz CT molecular complexity index is 972. The summed E-state index contributed by atoms with van der Waals surface area (Å²) in [7, 11) is 1.61. The monoisotopic (exact) mass is 416 g/mol. The molecule has 144 valence electrons. The third-order valence-corrected chi connectivity index (χ3v) is 5.00. The third-order valence-electron chi connectivity index (χ3n) is 3.73. The number of anilines is 1. The molecule has 28 heavy (non-hydrogen) atoms. The molecule has 1 aromatic heterocycles. The van der Waals surface area contributed by atoms with E-state index in [4.69, 9.17) is 21.1 Å². The van der Waals surface area contributed by atoms with Gasteiger partial charge in [-0.1, -0.05) is 23.7 Å². The van der Waals surface area contributed by atoms with Gasteiger partial charge in [-0.05, 0) is 36.4 Å². The first-order chi connectivity index (χ1) is 13.5. The molecule has 0 spiro atoms. The minimum Gasteiger partial charge on any atom is -0.497 e. The van der Waals surface area contributed by atoms with Crippen molar-refractivity contribution in [3.05, 3.63) is 64.6 Å². The summed E-state index contributed by atoms with van der Waals surface area (Å²) in [4.78, 5) is 28.3. The van der Waals surface area contributed by atoms with Gasteiger partial charge >= 0.3 is 5.97 Å². The molecule has 0 saturated carbocycles. The number of carbonyl (C=O) groups is 2. The van der Waals surface area contributed by atoms with Crippen LogP contribution in [0.15, 0.2) is 53.9 Å². The number of nitrogens with one attached hydrogen (secondary N) is 1. The fourth-order valence-electron chi connectivity index (χ4n) is 2.35. The van der Waals surface area contributed by atoms with Crippen LogP contribution in [0.1, 0.15) is 5.69 Å². The summed E-state index contributed by atoms with van der Waals surface area (Å²) in [6.07, 6.45) is -0.00791. The molecule has 0 aliphatic rings. The first-order valence-corrected chi connectivity index (χ1v) is 9.60. The number of hydrogen-bond donors (Lipinski definition) is 1. The molecule has 1 heterocycles. The van der Waals surface area contributed by atoms with Crippen LogP contribution in [-0.2, 0) is 20.7 Å². The molecular weight excluding hydrogens is 400 g/mol. The van der Waals surface area contributed by atoms with Crippen LogP contribution in [0, 0.1) is 0 Å². The van der Waals surface area contributed by atoms with Gasteiger partial charge in [0.25, 0.3) is 5.91 Å². The molecule has 0 saturated heterocycles. The molecule has 8 heteroatoms. The van der Waals surface area contributed by atoms with Crippen molar-refractivity contribution in [2.24, 2.45) is 0 Å². The van der Waals surface area contributed by atoms with Crippen LogP contribution in [0.2, 0.25) is 5.02 Å². The fraction of sp³-hybridized carbons (Fsp3) is 0.150. The Balaban J connectivity index is 1.50. The topological polar surface area (TPSA) is 77.5 Å². The van der Waals surface area contributed by atoms with Gasteiger partial charge < -0.3 is 14.8 Å². The normalized spacial score (nSPS) is 10.4. The van der Waals surface area contributed by atoms with Crippen molar-refractivity contribution >= 4 is 40.5 Å². The average molecular weight is 417 g/mol. The van der Waals surface area contributed by atoms with Crippen LogP contribution >= 0.6 is 22.9 Å². The van der Waals surface area contributed by atoms with Gasteiger partial charge in [0.15, 0.2) is 6.61 Å². The number of para-hydroxylation sites is 1. The molecule has 0 aliphatic heterocycles. The molecule has 0 atom stereocenters. The van der Waals surface area contributed by atoms with Gasteiger partial charge in [0.05, 0.1) is 29.9 Å². The third kappa shape index (κ3) is 5.31. The predicted octanol–water partition coefficient (Wildman–Crippen LogP) is 4.20. The zero-order chi connectivity index (χ0) is 19.9. The fourth-order valence-corrected chi connectivity index (χ4v) is 3.36. The summed E-state index contributed by atoms with van der Waals surface area (Å²) >= 11 is 7.40. The van der Waals surface area contributed by atoms with Gasteiger partial charge in [0.2, 0.25) is 0 Å². The highest BCUT2D eigenvalue weighted by Crippen LogP contribution is 2.26. The summed E-state index contributed by atoms with van der Waals surface area (Å²) in [6.45, 7) is -0.389. The summed E-state index contributed by atoms with van der Waals surface area (Å²) in [5, 5.41) is 5.59. The van der Waals surface area contributed by atoms with E-state index in [0.29, 0.717) is 16.4 Å². The van der Waals surface area contributed by atoms with Gasteiger partial charge in [0, 0.05) is 10.9 Å². The number of rotatable bonds is 7. The Labute approximate surface area is 171 Å². The molecule has 0 radical (unpaired) electrons. The Morgan fingerprint density at radius 1 is 1.14 bits per heavy atom. The van der Waals surface area contributed by atoms with Crippen LogP contribution in [0.3, 0.4) is 0 Å². The molecule has 2 aromatic carbocycles. The van der Waals surface area contributed by atoms with E-state index < -0.39 is 11.9 Å². The van der Waals surface area contributed by atoms with Gasteiger partial charge in [-0.25, -0.2) is 4.98 Å². The number of amides is 1. The number of carbonyl (C=O) groups excluding carboxylic acids is 2. The lowest BCUT2D eigenvalue weighted by molar-refractivity contribution is -0.146. The van der Waals surface area contributed by atoms with Crippen LogP contribution in [0.5, 0.6) is 5.75 Å². The minimum absolute atomic E-state index is 0.00791. The summed E-state index contributed by atoms with van der Waals surface area (Å²) in [5.41, 5.74) is 1.99. The van der Waals surface area contributed by atoms with Crippen molar-refractivity contribution in [1.82, 2.24) is 4.98 Å². The first kappa shape index (κ1) is 19.9. The van der Waals surface area contributed by atoms with Crippen LogP contribution in [0.4, 0.5) is 5.69 Å². The van der Waals surface area contributed by atoms with E-state index in [2.05, 4.69) is 10.3 Å². The molecular formula is C20H17ClN2O4S. The highest BCUT2D eigenvalue weighted by atomic mass is 35.5. The smallest absolute Gasteiger partial charge is 0.312 e. The number of thiazole rings is 1. The molecule has 0 fully saturated rings. The van der Waals surface area contributed by atoms with Crippen molar-refractivity contribution in [2.45, 2.75) is 6.42 Å². The number of hydrogen-bond acceptors (Lipinski definition) is 6. The highest BCUT2D eigenvalue weighted by molar-refractivity contribution is 7.13. The SMILES string of the molecule is COc1ccc(-c2nc(CC(=O)OCC(=O)Nc3ccccc3Cl)cs2)cc1. The molecule has 6 nitrogen and oxygen atoms in total. The molecule has 1 amide bonds. The second-order valence-corrected chi connectivity index (χ2v) is 7.00. The Morgan fingerprint density at radius 3 is 2.61 bits per heavy atom. The number of halogens is 1. The van der Waals surface area contributed by atoms with Crippen LogP contribution in [-0.4, -0.2) is 30.6 Å². The molecule has 0 aliphatic carbocycles. The lowest BCUT2D eigenvalue weighted by atomic mass is 10.2. The lowest BCUT2D eigenvalue weighted by Gasteiger charge is -2.07. The van der Waals surface area contributed by atoms with Crippen molar-refractivity contribution in [2.75, 3.05) is 19.0 Å². The number of benzene rings is 2. The van der Waals surface area contributed by atoms with Gasteiger partial charge in [0.1, 0.15) is 10.8 Å². The molecule has 3 rings (SSSR count). The van der Waals surface area contributed by atoms with Gasteiger partial charge in [-0.3, -0.25) is 9.59 Å². The summed E-state index contributed by atoms with van der Waals surface area (Å²) in [6, 6.07) is 14.3. The van der Waals surface area contributed by atoms with Crippen molar-refractivity contribution in [3.63, 3.8) is 0 Å². The Morgan fingerprint density at radius 2 is 1.89 bits per heavy atom. The largest absolute Gasteiger partial charge is 0.497 e. The maximum atomic E-state index is 12.0. The zero-order valence-corrected chi connectivity index (χ0v) is 16.5. The van der Waals surface area contributed by atoms with E-state index in [9.17, 15) is 9.59 Å². The van der Waals surface area contributed by atoms with Crippen LogP contribution < -0.4 is 10.1 Å². The van der Waals surface area contributed by atoms with E-state index in [1.54, 1.807) is 36.8 Å². The lowest BCUT2D eigenvalue weighted by Crippen LogP contribution is -2.21.